The zero-order chi connectivity index (χ0) is 10.0. The lowest BCUT2D eigenvalue weighted by Gasteiger charge is -1.99. The Morgan fingerprint density at radius 1 is 1.38 bits per heavy atom. The topological polar surface area (TPSA) is 43.1 Å². The summed E-state index contributed by atoms with van der Waals surface area (Å²) in [5.41, 5.74) is -0.649. The number of halogens is 3. The minimum atomic E-state index is -1.16. The molecule has 6 heteroatoms. The molecule has 0 unspecified atom stereocenters. The highest BCUT2D eigenvalue weighted by atomic mass is 79.9. The van der Waals surface area contributed by atoms with Gasteiger partial charge in [-0.2, -0.15) is 4.39 Å². The zero-order valence-electron chi connectivity index (χ0n) is 6.26. The van der Waals surface area contributed by atoms with Crippen molar-refractivity contribution in [2.24, 2.45) is 0 Å². The molecule has 0 N–H and O–H groups in total. The van der Waals surface area contributed by atoms with E-state index in [4.69, 9.17) is 0 Å². The third-order valence-electron chi connectivity index (χ3n) is 1.46. The van der Waals surface area contributed by atoms with Gasteiger partial charge >= 0.3 is 5.69 Å². The van der Waals surface area contributed by atoms with E-state index in [1.54, 1.807) is 0 Å². The van der Waals surface area contributed by atoms with Crippen molar-refractivity contribution in [3.05, 3.63) is 39.4 Å². The molecule has 0 radical (unpaired) electrons. The molecule has 0 aliphatic carbocycles. The van der Waals surface area contributed by atoms with Crippen molar-refractivity contribution in [2.45, 2.75) is 5.33 Å². The van der Waals surface area contributed by atoms with Gasteiger partial charge in [-0.3, -0.25) is 10.1 Å². The lowest BCUT2D eigenvalue weighted by Crippen LogP contribution is -1.96. The second kappa shape index (κ2) is 3.78. The predicted molar refractivity (Wildman–Crippen MR) is 45.6 cm³/mol. The normalized spacial score (nSPS) is 10.1. The maximum atomic E-state index is 12.8. The summed E-state index contributed by atoms with van der Waals surface area (Å²) in [6, 6.07) is 1.38. The van der Waals surface area contributed by atoms with Crippen molar-refractivity contribution in [1.82, 2.24) is 0 Å². The van der Waals surface area contributed by atoms with Crippen molar-refractivity contribution in [3.8, 4) is 0 Å². The average molecular weight is 252 g/mol. The van der Waals surface area contributed by atoms with Crippen LogP contribution in [-0.2, 0) is 5.33 Å². The molecule has 0 fully saturated rings. The summed E-state index contributed by atoms with van der Waals surface area (Å²) >= 11 is 2.93. The van der Waals surface area contributed by atoms with Crippen molar-refractivity contribution in [2.75, 3.05) is 0 Å². The summed E-state index contributed by atoms with van der Waals surface area (Å²) in [6.45, 7) is 0. The molecule has 0 saturated carbocycles. The maximum absolute atomic E-state index is 12.8. The Labute approximate surface area is 80.6 Å². The third kappa shape index (κ3) is 2.00. The van der Waals surface area contributed by atoms with Crippen molar-refractivity contribution in [3.63, 3.8) is 0 Å². The fraction of sp³-hybridized carbons (Fsp3) is 0.143. The number of rotatable bonds is 2. The minimum absolute atomic E-state index is 0.0631. The van der Waals surface area contributed by atoms with E-state index in [9.17, 15) is 18.9 Å². The van der Waals surface area contributed by atoms with Gasteiger partial charge in [-0.05, 0) is 0 Å². The van der Waals surface area contributed by atoms with Gasteiger partial charge in [-0.25, -0.2) is 4.39 Å². The van der Waals surface area contributed by atoms with E-state index in [1.807, 2.05) is 0 Å². The van der Waals surface area contributed by atoms with E-state index >= 15 is 0 Å². The van der Waals surface area contributed by atoms with Crippen LogP contribution < -0.4 is 0 Å². The molecule has 70 valence electrons. The highest BCUT2D eigenvalue weighted by Crippen LogP contribution is 2.22. The van der Waals surface area contributed by atoms with Crippen molar-refractivity contribution < 1.29 is 13.7 Å². The lowest BCUT2D eigenvalue weighted by molar-refractivity contribution is -0.387. The van der Waals surface area contributed by atoms with E-state index in [1.165, 1.54) is 0 Å². The molecule has 0 spiro atoms. The zero-order valence-corrected chi connectivity index (χ0v) is 7.85. The van der Waals surface area contributed by atoms with Crippen LogP contribution in [0, 0.1) is 21.7 Å². The third-order valence-corrected chi connectivity index (χ3v) is 2.06. The standard InChI is InChI=1S/C7H4BrF2NO2/c8-3-4-1-7(11(12)13)6(10)2-5(4)9/h1-2H,3H2. The van der Waals surface area contributed by atoms with Crippen LogP contribution >= 0.6 is 15.9 Å². The largest absolute Gasteiger partial charge is 0.305 e. The number of nitrogens with zero attached hydrogens (tertiary/aromatic N) is 1. The van der Waals surface area contributed by atoms with Crippen LogP contribution in [-0.4, -0.2) is 4.92 Å². The lowest BCUT2D eigenvalue weighted by atomic mass is 10.2. The number of nitro benzene ring substituents is 1. The molecule has 0 amide bonds. The summed E-state index contributed by atoms with van der Waals surface area (Å²) in [5, 5.41) is 10.3. The molecule has 1 aromatic carbocycles. The van der Waals surface area contributed by atoms with E-state index < -0.39 is 22.2 Å². The molecule has 13 heavy (non-hydrogen) atoms. The monoisotopic (exact) mass is 251 g/mol. The highest BCUT2D eigenvalue weighted by molar-refractivity contribution is 9.08. The fourth-order valence-electron chi connectivity index (χ4n) is 0.823. The van der Waals surface area contributed by atoms with Gasteiger partial charge in [0.2, 0.25) is 5.82 Å². The van der Waals surface area contributed by atoms with Gasteiger partial charge < -0.3 is 0 Å². The molecule has 0 bridgehead atoms. The van der Waals surface area contributed by atoms with Gasteiger partial charge in [-0.15, -0.1) is 0 Å². The minimum Gasteiger partial charge on any atom is -0.258 e. The number of alkyl halides is 1. The Balaban J connectivity index is 3.30. The first-order valence-corrected chi connectivity index (χ1v) is 4.36. The molecule has 1 rings (SSSR count). The van der Waals surface area contributed by atoms with Crippen LogP contribution in [0.15, 0.2) is 12.1 Å². The first-order chi connectivity index (χ1) is 6.06. The van der Waals surface area contributed by atoms with E-state index in [2.05, 4.69) is 15.9 Å². The van der Waals surface area contributed by atoms with Crippen LogP contribution in [0.3, 0.4) is 0 Å². The number of nitro groups is 1. The summed E-state index contributed by atoms with van der Waals surface area (Å²) in [4.78, 5) is 9.34. The van der Waals surface area contributed by atoms with Gasteiger partial charge in [0.15, 0.2) is 0 Å². The van der Waals surface area contributed by atoms with Crippen LogP contribution in [0.25, 0.3) is 0 Å². The van der Waals surface area contributed by atoms with Crippen LogP contribution in [0.2, 0.25) is 0 Å². The molecule has 1 aromatic rings. The second-order valence-electron chi connectivity index (χ2n) is 2.29. The molecule has 0 aromatic heterocycles. The summed E-state index contributed by atoms with van der Waals surface area (Å²) < 4.78 is 25.5. The molecular weight excluding hydrogens is 248 g/mol. The Kier molecular flexibility index (Phi) is 2.92. The Bertz CT molecular complexity index is 357. The molecule has 0 aliphatic rings. The summed E-state index contributed by atoms with van der Waals surface area (Å²) in [6.07, 6.45) is 0. The van der Waals surface area contributed by atoms with Gasteiger partial charge in [0.1, 0.15) is 5.82 Å². The molecule has 0 atom stereocenters. The number of hydrogen-bond acceptors (Lipinski definition) is 2. The molecule has 0 aliphatic heterocycles. The number of hydrogen-bond donors (Lipinski definition) is 0. The molecule has 0 heterocycles. The maximum Gasteiger partial charge on any atom is 0.305 e. The summed E-state index contributed by atoms with van der Waals surface area (Å²) in [5.74, 6) is -1.95. The first kappa shape index (κ1) is 10.0. The van der Waals surface area contributed by atoms with Gasteiger partial charge in [0.25, 0.3) is 0 Å². The molecular formula is C7H4BrF2NO2. The van der Waals surface area contributed by atoms with Crippen LogP contribution in [0.5, 0.6) is 0 Å². The molecule has 3 nitrogen and oxygen atoms in total. The van der Waals surface area contributed by atoms with Crippen LogP contribution in [0.1, 0.15) is 5.56 Å². The van der Waals surface area contributed by atoms with E-state index in [0.29, 0.717) is 6.07 Å². The Morgan fingerprint density at radius 3 is 2.46 bits per heavy atom. The first-order valence-electron chi connectivity index (χ1n) is 3.24. The van der Waals surface area contributed by atoms with Crippen molar-refractivity contribution >= 4 is 21.6 Å². The fourth-order valence-corrected chi connectivity index (χ4v) is 1.25. The van der Waals surface area contributed by atoms with E-state index in [0.717, 1.165) is 6.07 Å². The Morgan fingerprint density at radius 2 is 2.00 bits per heavy atom. The SMILES string of the molecule is O=[N+]([O-])c1cc(CBr)c(F)cc1F. The van der Waals surface area contributed by atoms with Crippen LogP contribution in [0.4, 0.5) is 14.5 Å². The predicted octanol–water partition coefficient (Wildman–Crippen LogP) is 2.77. The van der Waals surface area contributed by atoms with Crippen molar-refractivity contribution in [1.29, 1.82) is 0 Å². The summed E-state index contributed by atoms with van der Waals surface area (Å²) in [7, 11) is 0. The Hall–Kier alpha value is -1.04. The van der Waals surface area contributed by atoms with Gasteiger partial charge in [0, 0.05) is 23.0 Å². The number of benzene rings is 1. The highest BCUT2D eigenvalue weighted by Gasteiger charge is 2.17. The van der Waals surface area contributed by atoms with E-state index in [-0.39, 0.29) is 10.9 Å². The molecule has 0 saturated heterocycles. The smallest absolute Gasteiger partial charge is 0.258 e. The van der Waals surface area contributed by atoms with Gasteiger partial charge in [-0.1, -0.05) is 15.9 Å². The van der Waals surface area contributed by atoms with Gasteiger partial charge in [0.05, 0.1) is 4.92 Å². The average Bonchev–Trinajstić information content (AvgIpc) is 2.03. The quantitative estimate of drug-likeness (QED) is 0.461. The second-order valence-corrected chi connectivity index (χ2v) is 2.85.